The first-order chi connectivity index (χ1) is 9.44. The summed E-state index contributed by atoms with van der Waals surface area (Å²) in [7, 11) is 1.49. The van der Waals surface area contributed by atoms with Crippen LogP contribution in [0.2, 0.25) is 0 Å². The minimum Gasteiger partial charge on any atom is -0.468 e. The van der Waals surface area contributed by atoms with Gasteiger partial charge < -0.3 is 9.64 Å². The average molecular weight is 282 g/mol. The van der Waals surface area contributed by atoms with Crippen molar-refractivity contribution in [3.8, 4) is 0 Å². The van der Waals surface area contributed by atoms with Crippen LogP contribution in [0.25, 0.3) is 0 Å². The van der Waals surface area contributed by atoms with Gasteiger partial charge in [0, 0.05) is 18.6 Å². The highest BCUT2D eigenvalue weighted by atomic mass is 16.5. The molecule has 20 heavy (non-hydrogen) atoms. The van der Waals surface area contributed by atoms with Gasteiger partial charge >= 0.3 is 5.97 Å². The Morgan fingerprint density at radius 1 is 1.35 bits per heavy atom. The Morgan fingerprint density at radius 3 is 2.60 bits per heavy atom. The fourth-order valence-electron chi connectivity index (χ4n) is 3.29. The zero-order valence-corrected chi connectivity index (χ0v) is 13.4. The molecular formula is C16H30N2O2. The molecule has 3 unspecified atom stereocenters. The Bertz CT molecular complexity index is 343. The molecule has 0 spiro atoms. The van der Waals surface area contributed by atoms with Gasteiger partial charge in [0.2, 0.25) is 0 Å². The van der Waals surface area contributed by atoms with Crippen LogP contribution in [-0.2, 0) is 9.53 Å². The number of piperidine rings is 1. The number of likely N-dealkylation sites (tertiary alicyclic amines) is 1. The van der Waals surface area contributed by atoms with Crippen molar-refractivity contribution in [1.82, 2.24) is 10.2 Å². The van der Waals surface area contributed by atoms with Crippen molar-refractivity contribution in [1.29, 1.82) is 0 Å². The fourth-order valence-corrected chi connectivity index (χ4v) is 3.29. The van der Waals surface area contributed by atoms with Crippen LogP contribution in [0.1, 0.15) is 52.9 Å². The van der Waals surface area contributed by atoms with Crippen LogP contribution in [0, 0.1) is 5.92 Å². The molecular weight excluding hydrogens is 252 g/mol. The lowest BCUT2D eigenvalue weighted by Gasteiger charge is -2.38. The Balaban J connectivity index is 1.89. The molecule has 1 N–H and O–H groups in total. The van der Waals surface area contributed by atoms with Crippen molar-refractivity contribution in [3.63, 3.8) is 0 Å². The summed E-state index contributed by atoms with van der Waals surface area (Å²) in [6.45, 7) is 8.76. The minimum absolute atomic E-state index is 0.123. The number of rotatable bonds is 6. The number of nitrogens with zero attached hydrogens (tertiary/aromatic N) is 1. The smallest absolute Gasteiger partial charge is 0.325 e. The van der Waals surface area contributed by atoms with E-state index in [-0.39, 0.29) is 5.97 Å². The molecule has 1 aliphatic carbocycles. The third kappa shape index (κ3) is 3.95. The van der Waals surface area contributed by atoms with Crippen molar-refractivity contribution in [2.45, 2.75) is 70.5 Å². The van der Waals surface area contributed by atoms with Gasteiger partial charge in [-0.15, -0.1) is 0 Å². The lowest BCUT2D eigenvalue weighted by atomic mass is 9.91. The zero-order valence-electron chi connectivity index (χ0n) is 13.4. The number of hydrogen-bond donors (Lipinski definition) is 1. The maximum Gasteiger partial charge on any atom is 0.325 e. The lowest BCUT2D eigenvalue weighted by molar-refractivity contribution is -0.148. The van der Waals surface area contributed by atoms with Crippen molar-refractivity contribution in [2.75, 3.05) is 20.2 Å². The second-order valence-corrected chi connectivity index (χ2v) is 7.01. The SMILES string of the molecule is COC(=O)C(C)(CCN1CCC(C)CC1C)NC1CC1. The van der Waals surface area contributed by atoms with E-state index in [1.807, 2.05) is 6.92 Å². The molecule has 0 aromatic heterocycles. The van der Waals surface area contributed by atoms with Crippen LogP contribution in [0.15, 0.2) is 0 Å². The Morgan fingerprint density at radius 2 is 2.05 bits per heavy atom. The molecule has 3 atom stereocenters. The average Bonchev–Trinajstić information content (AvgIpc) is 3.20. The highest BCUT2D eigenvalue weighted by Crippen LogP contribution is 2.27. The Labute approximate surface area is 123 Å². The molecule has 2 rings (SSSR count). The standard InChI is InChI=1S/C16H30N2O2/c1-12-7-9-18(13(2)11-12)10-8-16(3,15(19)20-4)17-14-5-6-14/h12-14,17H,5-11H2,1-4H3. The number of nitrogens with one attached hydrogen (secondary N) is 1. The maximum atomic E-state index is 12.1. The lowest BCUT2D eigenvalue weighted by Crippen LogP contribution is -2.54. The molecule has 1 saturated carbocycles. The van der Waals surface area contributed by atoms with Gasteiger partial charge in [-0.2, -0.15) is 0 Å². The molecule has 2 fully saturated rings. The second kappa shape index (κ2) is 6.44. The first kappa shape index (κ1) is 15.8. The monoisotopic (exact) mass is 282 g/mol. The number of carbonyl (C=O) groups excluding carboxylic acids is 1. The van der Waals surface area contributed by atoms with E-state index in [1.54, 1.807) is 0 Å². The second-order valence-electron chi connectivity index (χ2n) is 7.01. The van der Waals surface area contributed by atoms with Crippen LogP contribution >= 0.6 is 0 Å². The van der Waals surface area contributed by atoms with E-state index >= 15 is 0 Å². The predicted octanol–water partition coefficient (Wildman–Crippen LogP) is 2.18. The van der Waals surface area contributed by atoms with Gasteiger partial charge in [-0.25, -0.2) is 0 Å². The van der Waals surface area contributed by atoms with Gasteiger partial charge in [0.05, 0.1) is 7.11 Å². The quantitative estimate of drug-likeness (QED) is 0.758. The van der Waals surface area contributed by atoms with E-state index in [2.05, 4.69) is 24.1 Å². The highest BCUT2D eigenvalue weighted by molar-refractivity contribution is 5.80. The van der Waals surface area contributed by atoms with Crippen molar-refractivity contribution < 1.29 is 9.53 Å². The molecule has 0 bridgehead atoms. The van der Waals surface area contributed by atoms with Gasteiger partial charge in [0.1, 0.15) is 5.54 Å². The van der Waals surface area contributed by atoms with Crippen molar-refractivity contribution in [3.05, 3.63) is 0 Å². The molecule has 116 valence electrons. The van der Waals surface area contributed by atoms with Gasteiger partial charge in [-0.3, -0.25) is 10.1 Å². The van der Waals surface area contributed by atoms with Crippen LogP contribution in [0.5, 0.6) is 0 Å². The number of ether oxygens (including phenoxy) is 1. The first-order valence-corrected chi connectivity index (χ1v) is 8.05. The summed E-state index contributed by atoms with van der Waals surface area (Å²) in [5.74, 6) is 0.709. The van der Waals surface area contributed by atoms with Gasteiger partial charge in [0.25, 0.3) is 0 Å². The van der Waals surface area contributed by atoms with Crippen LogP contribution in [0.3, 0.4) is 0 Å². The minimum atomic E-state index is -0.529. The summed E-state index contributed by atoms with van der Waals surface area (Å²) in [6, 6.07) is 1.14. The molecule has 2 aliphatic rings. The third-order valence-electron chi connectivity index (χ3n) is 4.91. The maximum absolute atomic E-state index is 12.1. The molecule has 0 aromatic rings. The van der Waals surface area contributed by atoms with Crippen molar-refractivity contribution >= 4 is 5.97 Å². The normalized spacial score (nSPS) is 30.8. The molecule has 0 aromatic carbocycles. The summed E-state index contributed by atoms with van der Waals surface area (Å²) in [5, 5.41) is 3.48. The summed E-state index contributed by atoms with van der Waals surface area (Å²) in [5.41, 5.74) is -0.529. The van der Waals surface area contributed by atoms with Crippen LogP contribution in [-0.4, -0.2) is 48.7 Å². The molecule has 0 radical (unpaired) electrons. The van der Waals surface area contributed by atoms with E-state index in [0.717, 1.165) is 25.4 Å². The van der Waals surface area contributed by atoms with E-state index in [4.69, 9.17) is 4.74 Å². The van der Waals surface area contributed by atoms with Crippen molar-refractivity contribution in [2.24, 2.45) is 5.92 Å². The van der Waals surface area contributed by atoms with Crippen LogP contribution < -0.4 is 5.32 Å². The number of carbonyl (C=O) groups is 1. The molecule has 0 amide bonds. The van der Waals surface area contributed by atoms with Crippen LogP contribution in [0.4, 0.5) is 0 Å². The molecule has 1 saturated heterocycles. The highest BCUT2D eigenvalue weighted by Gasteiger charge is 2.39. The molecule has 4 nitrogen and oxygen atoms in total. The fraction of sp³-hybridized carbons (Fsp3) is 0.938. The van der Waals surface area contributed by atoms with E-state index < -0.39 is 5.54 Å². The molecule has 4 heteroatoms. The number of esters is 1. The Hall–Kier alpha value is -0.610. The summed E-state index contributed by atoms with van der Waals surface area (Å²) >= 11 is 0. The van der Waals surface area contributed by atoms with E-state index in [1.165, 1.54) is 32.8 Å². The zero-order chi connectivity index (χ0) is 14.8. The van der Waals surface area contributed by atoms with Gasteiger partial charge in [-0.05, 0) is 58.4 Å². The first-order valence-electron chi connectivity index (χ1n) is 8.05. The number of hydrogen-bond acceptors (Lipinski definition) is 4. The predicted molar refractivity (Wildman–Crippen MR) is 80.6 cm³/mol. The summed E-state index contributed by atoms with van der Waals surface area (Å²) in [6.07, 6.45) is 5.74. The Kier molecular flexibility index (Phi) is 5.08. The van der Waals surface area contributed by atoms with Gasteiger partial charge in [0.15, 0.2) is 0 Å². The summed E-state index contributed by atoms with van der Waals surface area (Å²) in [4.78, 5) is 14.6. The van der Waals surface area contributed by atoms with E-state index in [9.17, 15) is 4.79 Å². The third-order valence-corrected chi connectivity index (χ3v) is 4.91. The van der Waals surface area contributed by atoms with Gasteiger partial charge in [-0.1, -0.05) is 6.92 Å². The summed E-state index contributed by atoms with van der Waals surface area (Å²) < 4.78 is 5.01. The largest absolute Gasteiger partial charge is 0.468 e. The topological polar surface area (TPSA) is 41.6 Å². The van der Waals surface area contributed by atoms with E-state index in [0.29, 0.717) is 12.1 Å². The molecule has 1 aliphatic heterocycles. The number of methoxy groups -OCH3 is 1. The molecule has 1 heterocycles.